The third kappa shape index (κ3) is 3.11. The second kappa shape index (κ2) is 6.59. The van der Waals surface area contributed by atoms with Gasteiger partial charge in [-0.05, 0) is 29.2 Å². The van der Waals surface area contributed by atoms with E-state index in [1.54, 1.807) is 18.2 Å². The summed E-state index contributed by atoms with van der Waals surface area (Å²) in [6.45, 7) is 6.92. The minimum atomic E-state index is -0.418. The summed E-state index contributed by atoms with van der Waals surface area (Å²) >= 11 is 0. The molecule has 0 radical (unpaired) electrons. The van der Waals surface area contributed by atoms with Crippen LogP contribution in [0.25, 0.3) is 0 Å². The molecule has 0 aromatic heterocycles. The van der Waals surface area contributed by atoms with Crippen molar-refractivity contribution >= 4 is 5.91 Å². The summed E-state index contributed by atoms with van der Waals surface area (Å²) in [5.41, 5.74) is 8.23. The first-order chi connectivity index (χ1) is 13.3. The van der Waals surface area contributed by atoms with E-state index in [1.165, 1.54) is 0 Å². The van der Waals surface area contributed by atoms with Crippen LogP contribution in [-0.4, -0.2) is 22.0 Å². The highest BCUT2D eigenvalue weighted by Crippen LogP contribution is 2.52. The van der Waals surface area contributed by atoms with Crippen molar-refractivity contribution in [1.82, 2.24) is 4.90 Å². The molecule has 3 atom stereocenters. The van der Waals surface area contributed by atoms with Gasteiger partial charge in [-0.3, -0.25) is 4.79 Å². The topological polar surface area (TPSA) is 75.8 Å². The van der Waals surface area contributed by atoms with Gasteiger partial charge in [-0.15, -0.1) is 0 Å². The first kappa shape index (κ1) is 18.4. The molecule has 0 spiro atoms. The number of phenolic OH excluding ortho intramolecular Hbond substituents is 1. The fourth-order valence-electron chi connectivity index (χ4n) is 4.51. The lowest BCUT2D eigenvalue weighted by molar-refractivity contribution is -0.117. The fraction of sp³-hybridized carbons (Fsp3) is 0.348. The number of phenols is 1. The van der Waals surface area contributed by atoms with Crippen LogP contribution in [0.15, 0.2) is 60.3 Å². The van der Waals surface area contributed by atoms with E-state index in [0.717, 1.165) is 16.9 Å². The summed E-state index contributed by atoms with van der Waals surface area (Å²) in [5.74, 6) is 0.384. The number of carbonyl (C=O) groups excluding carboxylic acids is 1. The van der Waals surface area contributed by atoms with Crippen molar-refractivity contribution in [2.75, 3.05) is 0 Å². The Bertz CT molecular complexity index is 931. The van der Waals surface area contributed by atoms with Crippen molar-refractivity contribution in [3.05, 3.63) is 71.4 Å². The predicted molar refractivity (Wildman–Crippen MR) is 107 cm³/mol. The van der Waals surface area contributed by atoms with E-state index in [4.69, 9.17) is 10.5 Å². The molecule has 3 unspecified atom stereocenters. The predicted octanol–water partition coefficient (Wildman–Crippen LogP) is 3.74. The monoisotopic (exact) mass is 378 g/mol. The van der Waals surface area contributed by atoms with Crippen LogP contribution < -0.4 is 10.5 Å². The van der Waals surface area contributed by atoms with E-state index < -0.39 is 5.91 Å². The van der Waals surface area contributed by atoms with E-state index in [0.29, 0.717) is 12.1 Å². The van der Waals surface area contributed by atoms with Gasteiger partial charge in [0.1, 0.15) is 17.6 Å². The maximum absolute atomic E-state index is 12.4. The molecular weight excluding hydrogens is 352 g/mol. The lowest BCUT2D eigenvalue weighted by Crippen LogP contribution is -2.49. The molecule has 2 aliphatic rings. The van der Waals surface area contributed by atoms with Crippen LogP contribution in [0.4, 0.5) is 0 Å². The first-order valence-electron chi connectivity index (χ1n) is 9.56. The Morgan fingerprint density at radius 1 is 1.18 bits per heavy atom. The molecule has 5 nitrogen and oxygen atoms in total. The Morgan fingerprint density at radius 2 is 1.89 bits per heavy atom. The zero-order chi connectivity index (χ0) is 20.1. The van der Waals surface area contributed by atoms with Gasteiger partial charge >= 0.3 is 0 Å². The van der Waals surface area contributed by atoms with Crippen molar-refractivity contribution in [3.63, 3.8) is 0 Å². The average molecular weight is 378 g/mol. The first-order valence-corrected chi connectivity index (χ1v) is 9.56. The number of hydrogen-bond acceptors (Lipinski definition) is 4. The maximum atomic E-state index is 12.4. The molecule has 0 saturated heterocycles. The molecular formula is C23H26N2O3. The number of nitrogens with zero attached hydrogens (tertiary/aromatic N) is 1. The Kier molecular flexibility index (Phi) is 4.33. The summed E-state index contributed by atoms with van der Waals surface area (Å²) in [6.07, 6.45) is 1.64. The van der Waals surface area contributed by atoms with Gasteiger partial charge in [0, 0.05) is 29.8 Å². The van der Waals surface area contributed by atoms with Crippen molar-refractivity contribution in [2.45, 2.75) is 39.5 Å². The van der Waals surface area contributed by atoms with E-state index >= 15 is 0 Å². The molecule has 3 N–H and O–H groups in total. The van der Waals surface area contributed by atoms with Gasteiger partial charge in [0.2, 0.25) is 5.91 Å². The molecule has 2 heterocycles. The van der Waals surface area contributed by atoms with Crippen LogP contribution >= 0.6 is 0 Å². The lowest BCUT2D eigenvalue weighted by atomic mass is 9.69. The van der Waals surface area contributed by atoms with Crippen LogP contribution in [0.1, 0.15) is 37.9 Å². The van der Waals surface area contributed by atoms with E-state index in [-0.39, 0.29) is 29.2 Å². The molecule has 0 saturated carbocycles. The molecule has 0 bridgehead atoms. The van der Waals surface area contributed by atoms with Crippen molar-refractivity contribution in [2.24, 2.45) is 17.1 Å². The van der Waals surface area contributed by atoms with Gasteiger partial charge < -0.3 is 20.5 Å². The third-order valence-corrected chi connectivity index (χ3v) is 5.64. The molecule has 5 heteroatoms. The van der Waals surface area contributed by atoms with Gasteiger partial charge in [0.25, 0.3) is 0 Å². The number of hydrogen-bond donors (Lipinski definition) is 2. The van der Waals surface area contributed by atoms with Crippen molar-refractivity contribution in [1.29, 1.82) is 0 Å². The normalized spacial score (nSPS) is 23.5. The fourth-order valence-corrected chi connectivity index (χ4v) is 4.51. The van der Waals surface area contributed by atoms with Crippen molar-refractivity contribution < 1.29 is 14.6 Å². The number of ether oxygens (including phenoxy) is 1. The number of carbonyl (C=O) groups is 1. The zero-order valence-corrected chi connectivity index (χ0v) is 16.4. The van der Waals surface area contributed by atoms with Gasteiger partial charge in [-0.1, -0.05) is 51.1 Å². The average Bonchev–Trinajstić information content (AvgIpc) is 2.99. The van der Waals surface area contributed by atoms with Gasteiger partial charge in [-0.25, -0.2) is 0 Å². The third-order valence-electron chi connectivity index (χ3n) is 5.64. The van der Waals surface area contributed by atoms with Gasteiger partial charge in [0.05, 0.1) is 6.04 Å². The smallest absolute Gasteiger partial charge is 0.246 e. The van der Waals surface area contributed by atoms with Crippen LogP contribution in [-0.2, 0) is 11.3 Å². The number of fused-ring (bicyclic) bond motifs is 3. The molecule has 2 aromatic carbocycles. The molecule has 0 fully saturated rings. The van der Waals surface area contributed by atoms with Gasteiger partial charge in [-0.2, -0.15) is 0 Å². The SMILES string of the molecule is CC(C)(C)C1C(C(N)=O)=CN(Cc2ccccc2)C2c3cc(O)ccc3OC21. The highest BCUT2D eigenvalue weighted by molar-refractivity contribution is 5.93. The Labute approximate surface area is 165 Å². The number of benzene rings is 2. The van der Waals surface area contributed by atoms with Crippen LogP contribution in [0.5, 0.6) is 11.5 Å². The minimum absolute atomic E-state index is 0.102. The highest BCUT2D eigenvalue weighted by atomic mass is 16.5. The molecule has 0 aliphatic carbocycles. The zero-order valence-electron chi connectivity index (χ0n) is 16.4. The molecule has 2 aliphatic heterocycles. The Balaban J connectivity index is 1.85. The second-order valence-corrected chi connectivity index (χ2v) is 8.70. The Hall–Kier alpha value is -2.95. The summed E-state index contributed by atoms with van der Waals surface area (Å²) in [6, 6.07) is 15.2. The van der Waals surface area contributed by atoms with E-state index in [2.05, 4.69) is 37.8 Å². The molecule has 146 valence electrons. The number of rotatable bonds is 3. The van der Waals surface area contributed by atoms with Crippen LogP contribution in [0, 0.1) is 11.3 Å². The standard InChI is InChI=1S/C23H26N2O3/c1-23(2,3)19-17(22(24)27)13-25(12-14-7-5-4-6-8-14)20-16-11-15(26)9-10-18(16)28-21(19)20/h4-11,13,19-21,26H,12H2,1-3H3,(H2,24,27). The Morgan fingerprint density at radius 3 is 2.54 bits per heavy atom. The number of amides is 1. The summed E-state index contributed by atoms with van der Waals surface area (Å²) < 4.78 is 6.35. The number of nitrogens with two attached hydrogens (primary N) is 1. The van der Waals surface area contributed by atoms with E-state index in [9.17, 15) is 9.90 Å². The highest BCUT2D eigenvalue weighted by Gasteiger charge is 2.51. The maximum Gasteiger partial charge on any atom is 0.246 e. The summed E-state index contributed by atoms with van der Waals surface area (Å²) in [5, 5.41) is 10.1. The lowest BCUT2D eigenvalue weighted by Gasteiger charge is -2.45. The molecule has 4 rings (SSSR count). The second-order valence-electron chi connectivity index (χ2n) is 8.70. The van der Waals surface area contributed by atoms with Crippen molar-refractivity contribution in [3.8, 4) is 11.5 Å². The summed E-state index contributed by atoms with van der Waals surface area (Å²) in [4.78, 5) is 14.5. The molecule has 1 amide bonds. The number of primary amides is 1. The van der Waals surface area contributed by atoms with Crippen LogP contribution in [0.2, 0.25) is 0 Å². The number of aromatic hydroxyl groups is 1. The van der Waals surface area contributed by atoms with Gasteiger partial charge in [0.15, 0.2) is 0 Å². The van der Waals surface area contributed by atoms with E-state index in [1.807, 2.05) is 24.4 Å². The molecule has 28 heavy (non-hydrogen) atoms. The molecule has 2 aromatic rings. The quantitative estimate of drug-likeness (QED) is 0.853. The summed E-state index contributed by atoms with van der Waals surface area (Å²) in [7, 11) is 0. The minimum Gasteiger partial charge on any atom is -0.508 e. The largest absolute Gasteiger partial charge is 0.508 e. The van der Waals surface area contributed by atoms with Crippen LogP contribution in [0.3, 0.4) is 0 Å².